The van der Waals surface area contributed by atoms with E-state index >= 15 is 0 Å². The van der Waals surface area contributed by atoms with Crippen molar-refractivity contribution < 1.29 is 14.3 Å². The van der Waals surface area contributed by atoms with Gasteiger partial charge in [-0.3, -0.25) is 9.59 Å². The minimum absolute atomic E-state index is 0.0850. The Balaban J connectivity index is 1.81. The lowest BCUT2D eigenvalue weighted by atomic mass is 9.97. The smallest absolute Gasteiger partial charge is 0.310 e. The Morgan fingerprint density at radius 2 is 2.33 bits per heavy atom. The highest BCUT2D eigenvalue weighted by Crippen LogP contribution is 2.23. The van der Waals surface area contributed by atoms with Crippen LogP contribution in [0.15, 0.2) is 11.6 Å². The average Bonchev–Trinajstić information content (AvgIpc) is 2.78. The van der Waals surface area contributed by atoms with Gasteiger partial charge in [0.2, 0.25) is 5.91 Å². The number of ether oxygens (including phenoxy) is 1. The zero-order chi connectivity index (χ0) is 13.0. The molecule has 18 heavy (non-hydrogen) atoms. The molecule has 1 unspecified atom stereocenters. The lowest BCUT2D eigenvalue weighted by Crippen LogP contribution is -2.28. The molecule has 0 aromatic rings. The summed E-state index contributed by atoms with van der Waals surface area (Å²) < 4.78 is 4.70. The lowest BCUT2D eigenvalue weighted by Gasteiger charge is -2.19. The predicted molar refractivity (Wildman–Crippen MR) is 67.9 cm³/mol. The maximum absolute atomic E-state index is 11.8. The van der Waals surface area contributed by atoms with Gasteiger partial charge in [0.25, 0.3) is 0 Å². The highest BCUT2D eigenvalue weighted by atomic mass is 16.5. The summed E-state index contributed by atoms with van der Waals surface area (Å²) >= 11 is 0. The minimum Gasteiger partial charge on any atom is -0.469 e. The second-order valence-electron chi connectivity index (χ2n) is 5.12. The molecular weight excluding hydrogens is 230 g/mol. The van der Waals surface area contributed by atoms with Crippen LogP contribution >= 0.6 is 0 Å². The van der Waals surface area contributed by atoms with E-state index in [1.165, 1.54) is 38.4 Å². The van der Waals surface area contributed by atoms with Crippen molar-refractivity contribution in [1.29, 1.82) is 0 Å². The van der Waals surface area contributed by atoms with Crippen molar-refractivity contribution in [3.63, 3.8) is 0 Å². The zero-order valence-corrected chi connectivity index (χ0v) is 11.0. The summed E-state index contributed by atoms with van der Waals surface area (Å²) in [5.41, 5.74) is 1.47. The summed E-state index contributed by atoms with van der Waals surface area (Å²) in [7, 11) is 1.38. The SMILES string of the molecule is COC(=O)C1CC(=O)N(CCC2=CCCCC2)C1. The zero-order valence-electron chi connectivity index (χ0n) is 11.0. The van der Waals surface area contributed by atoms with Gasteiger partial charge in [0.1, 0.15) is 0 Å². The number of methoxy groups -OCH3 is 1. The Morgan fingerprint density at radius 3 is 3.00 bits per heavy atom. The predicted octanol–water partition coefficient (Wildman–Crippen LogP) is 1.90. The van der Waals surface area contributed by atoms with Crippen LogP contribution in [0.1, 0.15) is 38.5 Å². The summed E-state index contributed by atoms with van der Waals surface area (Å²) in [4.78, 5) is 25.0. The van der Waals surface area contributed by atoms with E-state index in [-0.39, 0.29) is 17.8 Å². The molecule has 1 saturated heterocycles. The molecule has 1 atom stereocenters. The van der Waals surface area contributed by atoms with Crippen LogP contribution in [0.5, 0.6) is 0 Å². The van der Waals surface area contributed by atoms with Gasteiger partial charge in [0, 0.05) is 19.5 Å². The maximum atomic E-state index is 11.8. The number of allylic oxidation sites excluding steroid dienone is 1. The summed E-state index contributed by atoms with van der Waals surface area (Å²) in [5, 5.41) is 0. The summed E-state index contributed by atoms with van der Waals surface area (Å²) in [5.74, 6) is -0.438. The molecule has 0 N–H and O–H groups in total. The molecule has 1 heterocycles. The molecule has 1 aliphatic heterocycles. The number of nitrogens with zero attached hydrogens (tertiary/aromatic N) is 1. The van der Waals surface area contributed by atoms with Crippen molar-refractivity contribution in [1.82, 2.24) is 4.90 Å². The molecule has 4 nitrogen and oxygen atoms in total. The molecule has 0 radical (unpaired) electrons. The van der Waals surface area contributed by atoms with Gasteiger partial charge < -0.3 is 9.64 Å². The van der Waals surface area contributed by atoms with E-state index < -0.39 is 0 Å². The second-order valence-corrected chi connectivity index (χ2v) is 5.12. The molecule has 0 aromatic carbocycles. The first kappa shape index (κ1) is 13.1. The first-order chi connectivity index (χ1) is 8.70. The number of amides is 1. The van der Waals surface area contributed by atoms with Gasteiger partial charge in [0.05, 0.1) is 13.0 Å². The molecule has 0 spiro atoms. The van der Waals surface area contributed by atoms with Gasteiger partial charge in [-0.05, 0) is 32.1 Å². The van der Waals surface area contributed by atoms with Crippen molar-refractivity contribution >= 4 is 11.9 Å². The van der Waals surface area contributed by atoms with Crippen molar-refractivity contribution in [2.45, 2.75) is 38.5 Å². The first-order valence-electron chi connectivity index (χ1n) is 6.74. The third-order valence-electron chi connectivity index (χ3n) is 3.84. The van der Waals surface area contributed by atoms with Crippen LogP contribution in [0.3, 0.4) is 0 Å². The number of esters is 1. The van der Waals surface area contributed by atoms with Crippen molar-refractivity contribution in [2.24, 2.45) is 5.92 Å². The van der Waals surface area contributed by atoms with Crippen LogP contribution in [0.4, 0.5) is 0 Å². The Morgan fingerprint density at radius 1 is 1.50 bits per heavy atom. The lowest BCUT2D eigenvalue weighted by molar-refractivity contribution is -0.145. The molecule has 0 aromatic heterocycles. The van der Waals surface area contributed by atoms with Crippen LogP contribution in [0, 0.1) is 5.92 Å². The largest absolute Gasteiger partial charge is 0.469 e. The average molecular weight is 251 g/mol. The topological polar surface area (TPSA) is 46.6 Å². The van der Waals surface area contributed by atoms with E-state index in [1.54, 1.807) is 4.90 Å². The Kier molecular flexibility index (Phi) is 4.39. The second kappa shape index (κ2) is 6.03. The number of likely N-dealkylation sites (tertiary alicyclic amines) is 1. The fourth-order valence-corrected chi connectivity index (χ4v) is 2.72. The monoisotopic (exact) mass is 251 g/mol. The minimum atomic E-state index is -0.261. The molecule has 0 bridgehead atoms. The number of carbonyl (C=O) groups is 2. The maximum Gasteiger partial charge on any atom is 0.310 e. The van der Waals surface area contributed by atoms with Gasteiger partial charge in [0.15, 0.2) is 0 Å². The third-order valence-corrected chi connectivity index (χ3v) is 3.84. The molecule has 1 fully saturated rings. The quantitative estimate of drug-likeness (QED) is 0.566. The van der Waals surface area contributed by atoms with E-state index in [0.717, 1.165) is 13.0 Å². The van der Waals surface area contributed by atoms with Gasteiger partial charge >= 0.3 is 5.97 Å². The number of hydrogen-bond acceptors (Lipinski definition) is 3. The summed E-state index contributed by atoms with van der Waals surface area (Å²) in [6.07, 6.45) is 8.48. The standard InChI is InChI=1S/C14H21NO3/c1-18-14(17)12-9-13(16)15(10-12)8-7-11-5-3-2-4-6-11/h5,12H,2-4,6-10H2,1H3. The van der Waals surface area contributed by atoms with Crippen molar-refractivity contribution in [3.8, 4) is 0 Å². The van der Waals surface area contributed by atoms with Crippen molar-refractivity contribution in [2.75, 3.05) is 20.2 Å². The molecule has 1 amide bonds. The van der Waals surface area contributed by atoms with Crippen molar-refractivity contribution in [3.05, 3.63) is 11.6 Å². The summed E-state index contributed by atoms with van der Waals surface area (Å²) in [6, 6.07) is 0. The van der Waals surface area contributed by atoms with E-state index in [9.17, 15) is 9.59 Å². The fraction of sp³-hybridized carbons (Fsp3) is 0.714. The highest BCUT2D eigenvalue weighted by molar-refractivity contribution is 5.86. The van der Waals surface area contributed by atoms with Gasteiger partial charge in [-0.1, -0.05) is 11.6 Å². The van der Waals surface area contributed by atoms with E-state index in [0.29, 0.717) is 13.0 Å². The van der Waals surface area contributed by atoms with Crippen LogP contribution in [-0.2, 0) is 14.3 Å². The van der Waals surface area contributed by atoms with Crippen LogP contribution in [-0.4, -0.2) is 37.0 Å². The van der Waals surface area contributed by atoms with Crippen LogP contribution < -0.4 is 0 Å². The van der Waals surface area contributed by atoms with Gasteiger partial charge in [-0.25, -0.2) is 0 Å². The van der Waals surface area contributed by atoms with Gasteiger partial charge in [-0.2, -0.15) is 0 Å². The van der Waals surface area contributed by atoms with Crippen LogP contribution in [0.25, 0.3) is 0 Å². The molecule has 100 valence electrons. The van der Waals surface area contributed by atoms with Crippen LogP contribution in [0.2, 0.25) is 0 Å². The van der Waals surface area contributed by atoms with E-state index in [1.807, 2.05) is 0 Å². The third kappa shape index (κ3) is 3.12. The highest BCUT2D eigenvalue weighted by Gasteiger charge is 2.34. The molecule has 0 saturated carbocycles. The Bertz CT molecular complexity index is 362. The Labute approximate surface area is 108 Å². The fourth-order valence-electron chi connectivity index (χ4n) is 2.72. The molecular formula is C14H21NO3. The Hall–Kier alpha value is -1.32. The normalized spacial score (nSPS) is 24.1. The molecule has 2 aliphatic rings. The van der Waals surface area contributed by atoms with E-state index in [2.05, 4.69) is 6.08 Å². The van der Waals surface area contributed by atoms with E-state index in [4.69, 9.17) is 4.74 Å². The number of rotatable bonds is 4. The first-order valence-corrected chi connectivity index (χ1v) is 6.74. The summed E-state index contributed by atoms with van der Waals surface area (Å²) in [6.45, 7) is 1.27. The number of carbonyl (C=O) groups excluding carboxylic acids is 2. The number of hydrogen-bond donors (Lipinski definition) is 0. The van der Waals surface area contributed by atoms with Gasteiger partial charge in [-0.15, -0.1) is 0 Å². The molecule has 2 rings (SSSR count). The molecule has 4 heteroatoms. The molecule has 1 aliphatic carbocycles.